The van der Waals surface area contributed by atoms with Crippen LogP contribution < -0.4 is 15.4 Å². The maximum atomic E-state index is 13.1. The van der Waals surface area contributed by atoms with E-state index in [9.17, 15) is 9.59 Å². The predicted molar refractivity (Wildman–Crippen MR) is 157 cm³/mol. The molecule has 0 bridgehead atoms. The summed E-state index contributed by atoms with van der Waals surface area (Å²) in [5, 5.41) is 0. The number of nitrogen functional groups attached to an aromatic ring is 1. The maximum absolute atomic E-state index is 13.1. The molecule has 2 saturated heterocycles. The Morgan fingerprint density at radius 1 is 1.02 bits per heavy atom. The number of piperidine rings is 1. The normalized spacial score (nSPS) is 17.9. The predicted octanol–water partition coefficient (Wildman–Crippen LogP) is 4.96. The molecule has 2 aliphatic heterocycles. The van der Waals surface area contributed by atoms with E-state index in [4.69, 9.17) is 19.9 Å². The number of nitrogens with two attached hydrogens (primary N) is 1. The highest BCUT2D eigenvalue weighted by Gasteiger charge is 2.51. The van der Waals surface area contributed by atoms with Crippen molar-refractivity contribution in [1.29, 1.82) is 0 Å². The summed E-state index contributed by atoms with van der Waals surface area (Å²) in [5.74, 6) is 1.27. The van der Waals surface area contributed by atoms with Crippen molar-refractivity contribution < 1.29 is 23.8 Å². The zero-order valence-electron chi connectivity index (χ0n) is 23.0. The van der Waals surface area contributed by atoms with Gasteiger partial charge in [-0.3, -0.25) is 4.90 Å². The molecular weight excluding hydrogens is 590 g/mol. The minimum Gasteiger partial charge on any atom is -0.487 e. The number of hydrogen-bond donors (Lipinski definition) is 1. The van der Waals surface area contributed by atoms with Gasteiger partial charge in [0.2, 0.25) is 5.95 Å². The third-order valence-corrected chi connectivity index (χ3v) is 8.17. The first-order chi connectivity index (χ1) is 19.8. The quantitative estimate of drug-likeness (QED) is 0.347. The molecule has 0 saturated carbocycles. The lowest BCUT2D eigenvalue weighted by Gasteiger charge is -2.39. The summed E-state index contributed by atoms with van der Waals surface area (Å²) in [5.41, 5.74) is 7.41. The highest BCUT2D eigenvalue weighted by molar-refractivity contribution is 9.10. The monoisotopic (exact) mass is 623 g/mol. The number of amides is 1. The molecular formula is C30H34BrN5O5. The van der Waals surface area contributed by atoms with Gasteiger partial charge in [0.05, 0.1) is 12.3 Å². The van der Waals surface area contributed by atoms with Crippen LogP contribution in [0.1, 0.15) is 37.4 Å². The molecule has 2 aliphatic rings. The third kappa shape index (κ3) is 7.08. The van der Waals surface area contributed by atoms with Crippen LogP contribution in [0, 0.1) is 5.41 Å². The van der Waals surface area contributed by atoms with Gasteiger partial charge >= 0.3 is 12.1 Å². The topological polar surface area (TPSA) is 120 Å². The molecule has 216 valence electrons. The van der Waals surface area contributed by atoms with E-state index in [1.54, 1.807) is 11.8 Å². The zero-order valence-corrected chi connectivity index (χ0v) is 24.6. The number of hydrogen-bond acceptors (Lipinski definition) is 9. The number of aromatic nitrogens is 2. The summed E-state index contributed by atoms with van der Waals surface area (Å²) in [7, 11) is 0. The summed E-state index contributed by atoms with van der Waals surface area (Å²) in [4.78, 5) is 38.6. The molecule has 10 nitrogen and oxygen atoms in total. The number of nitrogens with zero attached hydrogens (tertiary/aromatic N) is 4. The molecule has 0 unspecified atom stereocenters. The van der Waals surface area contributed by atoms with Crippen LogP contribution in [0.15, 0.2) is 65.1 Å². The Bertz CT molecular complexity index is 1350. The molecule has 11 heteroatoms. The molecule has 1 aromatic heterocycles. The number of carbonyl (C=O) groups excluding carboxylic acids is 2. The lowest BCUT2D eigenvalue weighted by atomic mass is 9.76. The summed E-state index contributed by atoms with van der Waals surface area (Å²) in [6.45, 7) is 4.28. The Hall–Kier alpha value is -3.86. The number of rotatable bonds is 8. The van der Waals surface area contributed by atoms with Crippen molar-refractivity contribution in [2.45, 2.75) is 45.4 Å². The van der Waals surface area contributed by atoms with Crippen molar-refractivity contribution in [2.24, 2.45) is 5.41 Å². The molecule has 1 amide bonds. The van der Waals surface area contributed by atoms with E-state index in [2.05, 4.69) is 30.8 Å². The van der Waals surface area contributed by atoms with Crippen molar-refractivity contribution in [3.63, 3.8) is 0 Å². The van der Waals surface area contributed by atoms with Gasteiger partial charge in [0, 0.05) is 30.2 Å². The van der Waals surface area contributed by atoms with Crippen molar-refractivity contribution in [1.82, 2.24) is 14.9 Å². The van der Waals surface area contributed by atoms with Gasteiger partial charge in [0.15, 0.2) is 0 Å². The largest absolute Gasteiger partial charge is 0.487 e. The van der Waals surface area contributed by atoms with Gasteiger partial charge in [0.1, 0.15) is 30.8 Å². The van der Waals surface area contributed by atoms with Gasteiger partial charge in [-0.15, -0.1) is 0 Å². The SMILES string of the molecule is CCOC(=O)[C@@H]1CC2(CCN(c3cc(COc4ccc(Br)cc4)nc(N)n3)CC2)CN1C(=O)OCc1ccccc1. The molecule has 41 heavy (non-hydrogen) atoms. The van der Waals surface area contributed by atoms with E-state index in [0.717, 1.165) is 34.4 Å². The van der Waals surface area contributed by atoms with Crippen LogP contribution in [0.25, 0.3) is 0 Å². The Morgan fingerprint density at radius 3 is 2.46 bits per heavy atom. The fourth-order valence-electron chi connectivity index (χ4n) is 5.50. The van der Waals surface area contributed by atoms with Crippen LogP contribution in [-0.2, 0) is 27.5 Å². The summed E-state index contributed by atoms with van der Waals surface area (Å²) < 4.78 is 17.8. The number of esters is 1. The fraction of sp³-hybridized carbons (Fsp3) is 0.400. The fourth-order valence-corrected chi connectivity index (χ4v) is 5.76. The number of carbonyl (C=O) groups is 2. The van der Waals surface area contributed by atoms with Crippen LogP contribution in [-0.4, -0.2) is 59.2 Å². The van der Waals surface area contributed by atoms with Crippen molar-refractivity contribution >= 4 is 39.8 Å². The van der Waals surface area contributed by atoms with E-state index in [1.807, 2.05) is 60.7 Å². The van der Waals surface area contributed by atoms with Crippen molar-refractivity contribution in [3.05, 3.63) is 76.4 Å². The van der Waals surface area contributed by atoms with Gasteiger partial charge in [-0.25, -0.2) is 14.6 Å². The second-order valence-corrected chi connectivity index (χ2v) is 11.4. The standard InChI is InChI=1S/C30H34BrN5O5/c1-2-39-27(37)25-17-30(20-36(25)29(38)41-18-21-6-4-3-5-7-21)12-14-35(15-13-30)26-16-23(33-28(32)34-26)19-40-24-10-8-22(31)9-11-24/h3-11,16,25H,2,12-15,17-20H2,1H3,(H2,32,33,34)/t25-/m0/s1. The highest BCUT2D eigenvalue weighted by atomic mass is 79.9. The molecule has 1 spiro atoms. The molecule has 2 N–H and O–H groups in total. The maximum Gasteiger partial charge on any atom is 0.410 e. The number of benzene rings is 2. The lowest BCUT2D eigenvalue weighted by Crippen LogP contribution is -2.43. The minimum atomic E-state index is -0.665. The van der Waals surface area contributed by atoms with E-state index >= 15 is 0 Å². The summed E-state index contributed by atoms with van der Waals surface area (Å²) in [6, 6.07) is 18.3. The molecule has 0 radical (unpaired) electrons. The second-order valence-electron chi connectivity index (χ2n) is 10.4. The third-order valence-electron chi connectivity index (χ3n) is 7.64. The van der Waals surface area contributed by atoms with Crippen LogP contribution >= 0.6 is 15.9 Å². The Kier molecular flexibility index (Phi) is 8.92. The summed E-state index contributed by atoms with van der Waals surface area (Å²) in [6.07, 6.45) is 1.60. The molecule has 2 aromatic carbocycles. The first kappa shape index (κ1) is 28.7. The van der Waals surface area contributed by atoms with Crippen LogP contribution in [0.3, 0.4) is 0 Å². The first-order valence-electron chi connectivity index (χ1n) is 13.7. The molecule has 1 atom stereocenters. The molecule has 3 heterocycles. The van der Waals surface area contributed by atoms with E-state index in [-0.39, 0.29) is 37.2 Å². The molecule has 2 fully saturated rings. The van der Waals surface area contributed by atoms with E-state index in [0.29, 0.717) is 31.7 Å². The van der Waals surface area contributed by atoms with Gasteiger partial charge in [-0.2, -0.15) is 4.98 Å². The summed E-state index contributed by atoms with van der Waals surface area (Å²) >= 11 is 3.42. The van der Waals surface area contributed by atoms with E-state index in [1.165, 1.54) is 0 Å². The number of ether oxygens (including phenoxy) is 3. The Morgan fingerprint density at radius 2 is 1.76 bits per heavy atom. The minimum absolute atomic E-state index is 0.148. The number of likely N-dealkylation sites (tertiary alicyclic amines) is 1. The smallest absolute Gasteiger partial charge is 0.410 e. The van der Waals surface area contributed by atoms with Gasteiger partial charge < -0.3 is 24.8 Å². The van der Waals surface area contributed by atoms with Gasteiger partial charge in [-0.05, 0) is 61.4 Å². The average Bonchev–Trinajstić information content (AvgIpc) is 3.35. The van der Waals surface area contributed by atoms with Crippen LogP contribution in [0.4, 0.5) is 16.6 Å². The zero-order chi connectivity index (χ0) is 28.8. The molecule has 5 rings (SSSR count). The number of halogens is 1. The Labute approximate surface area is 247 Å². The molecule has 0 aliphatic carbocycles. The highest BCUT2D eigenvalue weighted by Crippen LogP contribution is 2.44. The molecule has 3 aromatic rings. The van der Waals surface area contributed by atoms with E-state index < -0.39 is 12.1 Å². The van der Waals surface area contributed by atoms with Gasteiger partial charge in [-0.1, -0.05) is 46.3 Å². The van der Waals surface area contributed by atoms with Crippen LogP contribution in [0.2, 0.25) is 0 Å². The number of anilines is 2. The first-order valence-corrected chi connectivity index (χ1v) is 14.5. The average molecular weight is 625 g/mol. The van der Waals surface area contributed by atoms with Crippen molar-refractivity contribution in [2.75, 3.05) is 36.9 Å². The van der Waals surface area contributed by atoms with Gasteiger partial charge in [0.25, 0.3) is 0 Å². The van der Waals surface area contributed by atoms with Crippen molar-refractivity contribution in [3.8, 4) is 5.75 Å². The Balaban J connectivity index is 1.23. The second kappa shape index (κ2) is 12.8. The lowest BCUT2D eigenvalue weighted by molar-refractivity contribution is -0.148. The van der Waals surface area contributed by atoms with Crippen LogP contribution in [0.5, 0.6) is 5.75 Å².